The number of nitrogens with one attached hydrogen (secondary N) is 1. The first-order valence-corrected chi connectivity index (χ1v) is 7.42. The minimum absolute atomic E-state index is 0.176. The van der Waals surface area contributed by atoms with Crippen LogP contribution in [0.1, 0.15) is 29.9 Å². The van der Waals surface area contributed by atoms with E-state index in [9.17, 15) is 0 Å². The number of anilines is 1. The van der Waals surface area contributed by atoms with Crippen LogP contribution in [0.15, 0.2) is 29.9 Å². The van der Waals surface area contributed by atoms with E-state index in [4.69, 9.17) is 0 Å². The van der Waals surface area contributed by atoms with Crippen LogP contribution in [0.3, 0.4) is 0 Å². The Morgan fingerprint density at radius 3 is 2.65 bits per heavy atom. The van der Waals surface area contributed by atoms with Gasteiger partial charge in [-0.05, 0) is 49.4 Å². The van der Waals surface area contributed by atoms with Gasteiger partial charge in [-0.25, -0.2) is 9.97 Å². The van der Waals surface area contributed by atoms with Gasteiger partial charge in [0.15, 0.2) is 0 Å². The lowest BCUT2D eigenvalue weighted by atomic mass is 10.1. The average molecular weight is 284 g/mol. The van der Waals surface area contributed by atoms with E-state index in [1.165, 1.54) is 11.1 Å². The van der Waals surface area contributed by atoms with Gasteiger partial charge in [-0.2, -0.15) is 0 Å². The Morgan fingerprint density at radius 2 is 1.90 bits per heavy atom. The number of nitrogens with zero attached hydrogens (tertiary/aromatic N) is 3. The molecule has 20 heavy (non-hydrogen) atoms. The third-order valence-electron chi connectivity index (χ3n) is 3.29. The van der Waals surface area contributed by atoms with Crippen molar-refractivity contribution in [1.29, 1.82) is 0 Å². The summed E-state index contributed by atoms with van der Waals surface area (Å²) in [5.74, 6) is 1.71. The standard InChI is InChI=1S/C15H16N4S/c1-9-8-20-15-13(9)14(18-11(3)19-15)17-10(2)12-4-6-16-7-5-12/h4-8,10H,1-3H3,(H,17,18,19)/t10-/m1/s1. The monoisotopic (exact) mass is 284 g/mol. The Balaban J connectivity index is 2.00. The number of rotatable bonds is 3. The van der Waals surface area contributed by atoms with E-state index in [1.807, 2.05) is 31.5 Å². The molecule has 3 rings (SSSR count). The second-order valence-corrected chi connectivity index (χ2v) is 5.72. The van der Waals surface area contributed by atoms with E-state index in [-0.39, 0.29) is 6.04 Å². The van der Waals surface area contributed by atoms with Crippen molar-refractivity contribution in [2.75, 3.05) is 5.32 Å². The van der Waals surface area contributed by atoms with Crippen molar-refractivity contribution in [1.82, 2.24) is 15.0 Å². The fourth-order valence-corrected chi connectivity index (χ4v) is 3.20. The lowest BCUT2D eigenvalue weighted by Gasteiger charge is -2.16. The van der Waals surface area contributed by atoms with E-state index in [2.05, 4.69) is 39.5 Å². The topological polar surface area (TPSA) is 50.7 Å². The molecule has 0 aliphatic heterocycles. The number of hydrogen-bond donors (Lipinski definition) is 1. The second-order valence-electron chi connectivity index (χ2n) is 4.86. The van der Waals surface area contributed by atoms with E-state index < -0.39 is 0 Å². The van der Waals surface area contributed by atoms with Gasteiger partial charge in [-0.15, -0.1) is 11.3 Å². The average Bonchev–Trinajstić information content (AvgIpc) is 2.81. The summed E-state index contributed by atoms with van der Waals surface area (Å²) in [6, 6.07) is 4.21. The van der Waals surface area contributed by atoms with Gasteiger partial charge in [0, 0.05) is 12.4 Å². The summed E-state index contributed by atoms with van der Waals surface area (Å²) in [4.78, 5) is 14.2. The highest BCUT2D eigenvalue weighted by Crippen LogP contribution is 2.31. The molecule has 0 amide bonds. The highest BCUT2D eigenvalue weighted by atomic mass is 32.1. The Morgan fingerprint density at radius 1 is 1.15 bits per heavy atom. The fourth-order valence-electron chi connectivity index (χ4n) is 2.24. The van der Waals surface area contributed by atoms with Gasteiger partial charge in [0.25, 0.3) is 0 Å². The van der Waals surface area contributed by atoms with Crippen molar-refractivity contribution in [3.05, 3.63) is 46.9 Å². The number of aryl methyl sites for hydroxylation is 2. The molecule has 0 bridgehead atoms. The van der Waals surface area contributed by atoms with Gasteiger partial charge in [0.05, 0.1) is 11.4 Å². The summed E-state index contributed by atoms with van der Waals surface area (Å²) in [6.45, 7) is 6.15. The van der Waals surface area contributed by atoms with Gasteiger partial charge >= 0.3 is 0 Å². The van der Waals surface area contributed by atoms with Crippen LogP contribution in [-0.4, -0.2) is 15.0 Å². The van der Waals surface area contributed by atoms with E-state index in [0.717, 1.165) is 21.9 Å². The first kappa shape index (κ1) is 13.0. The van der Waals surface area contributed by atoms with E-state index in [1.54, 1.807) is 11.3 Å². The predicted octanol–water partition coefficient (Wildman–Crippen LogP) is 3.88. The molecule has 3 aromatic rings. The zero-order valence-corrected chi connectivity index (χ0v) is 12.5. The maximum absolute atomic E-state index is 4.57. The summed E-state index contributed by atoms with van der Waals surface area (Å²) in [7, 11) is 0. The Hall–Kier alpha value is -2.01. The van der Waals surface area contributed by atoms with Gasteiger partial charge in [-0.1, -0.05) is 0 Å². The minimum Gasteiger partial charge on any atom is -0.363 e. The third kappa shape index (κ3) is 2.36. The van der Waals surface area contributed by atoms with Crippen molar-refractivity contribution in [3.63, 3.8) is 0 Å². The number of fused-ring (bicyclic) bond motifs is 1. The Bertz CT molecular complexity index is 736. The van der Waals surface area contributed by atoms with Crippen LogP contribution in [0.2, 0.25) is 0 Å². The minimum atomic E-state index is 0.176. The summed E-state index contributed by atoms with van der Waals surface area (Å²) in [5, 5.41) is 6.75. The van der Waals surface area contributed by atoms with Crippen LogP contribution in [0.5, 0.6) is 0 Å². The Labute approximate surface area is 121 Å². The number of hydrogen-bond acceptors (Lipinski definition) is 5. The van der Waals surface area contributed by atoms with E-state index >= 15 is 0 Å². The molecule has 3 aromatic heterocycles. The molecule has 0 radical (unpaired) electrons. The molecule has 0 aliphatic rings. The predicted molar refractivity (Wildman–Crippen MR) is 83.2 cm³/mol. The first-order valence-electron chi connectivity index (χ1n) is 6.54. The van der Waals surface area contributed by atoms with Gasteiger partial charge in [0.2, 0.25) is 0 Å². The summed E-state index contributed by atoms with van der Waals surface area (Å²) in [5.41, 5.74) is 2.41. The molecule has 1 N–H and O–H groups in total. The highest BCUT2D eigenvalue weighted by molar-refractivity contribution is 7.17. The zero-order valence-electron chi connectivity index (χ0n) is 11.7. The third-order valence-corrected chi connectivity index (χ3v) is 4.28. The van der Waals surface area contributed by atoms with Gasteiger partial charge in [0.1, 0.15) is 16.5 Å². The largest absolute Gasteiger partial charge is 0.363 e. The van der Waals surface area contributed by atoms with Crippen molar-refractivity contribution < 1.29 is 0 Å². The van der Waals surface area contributed by atoms with Crippen molar-refractivity contribution >= 4 is 27.4 Å². The van der Waals surface area contributed by atoms with Crippen molar-refractivity contribution in [2.45, 2.75) is 26.8 Å². The molecular formula is C15H16N4S. The maximum Gasteiger partial charge on any atom is 0.139 e. The molecular weight excluding hydrogens is 268 g/mol. The molecule has 4 nitrogen and oxygen atoms in total. The summed E-state index contributed by atoms with van der Waals surface area (Å²) < 4.78 is 0. The van der Waals surface area contributed by atoms with Crippen molar-refractivity contribution in [2.24, 2.45) is 0 Å². The molecule has 102 valence electrons. The van der Waals surface area contributed by atoms with Crippen LogP contribution in [0.25, 0.3) is 10.2 Å². The molecule has 5 heteroatoms. The molecule has 0 saturated carbocycles. The van der Waals surface area contributed by atoms with Crippen LogP contribution in [0, 0.1) is 13.8 Å². The van der Waals surface area contributed by atoms with Gasteiger partial charge in [-0.3, -0.25) is 4.98 Å². The number of thiophene rings is 1. The molecule has 0 aromatic carbocycles. The molecule has 0 aliphatic carbocycles. The van der Waals surface area contributed by atoms with Crippen LogP contribution >= 0.6 is 11.3 Å². The zero-order chi connectivity index (χ0) is 14.1. The SMILES string of the molecule is Cc1nc(N[C@H](C)c2ccncc2)c2c(C)csc2n1. The number of pyridine rings is 1. The molecule has 1 atom stereocenters. The van der Waals surface area contributed by atoms with Crippen LogP contribution in [0.4, 0.5) is 5.82 Å². The summed E-state index contributed by atoms with van der Waals surface area (Å²) >= 11 is 1.66. The maximum atomic E-state index is 4.57. The molecule has 3 heterocycles. The highest BCUT2D eigenvalue weighted by Gasteiger charge is 2.13. The quantitative estimate of drug-likeness (QED) is 0.793. The smallest absolute Gasteiger partial charge is 0.139 e. The van der Waals surface area contributed by atoms with Crippen molar-refractivity contribution in [3.8, 4) is 0 Å². The summed E-state index contributed by atoms with van der Waals surface area (Å²) in [6.07, 6.45) is 3.62. The van der Waals surface area contributed by atoms with Crippen LogP contribution in [-0.2, 0) is 0 Å². The molecule has 0 saturated heterocycles. The van der Waals surface area contributed by atoms with E-state index in [0.29, 0.717) is 0 Å². The molecule has 0 spiro atoms. The van der Waals surface area contributed by atoms with Gasteiger partial charge < -0.3 is 5.32 Å². The fraction of sp³-hybridized carbons (Fsp3) is 0.267. The normalized spacial score (nSPS) is 12.6. The lowest BCUT2D eigenvalue weighted by Crippen LogP contribution is -2.09. The number of aromatic nitrogens is 3. The first-order chi connectivity index (χ1) is 9.65. The van der Waals surface area contributed by atoms with Crippen LogP contribution < -0.4 is 5.32 Å². The second kappa shape index (κ2) is 5.17. The molecule has 0 fully saturated rings. The molecule has 0 unspecified atom stereocenters. The Kier molecular flexibility index (Phi) is 3.36. The lowest BCUT2D eigenvalue weighted by molar-refractivity contribution is 0.869.